The maximum Gasteiger partial charge on any atom is 0.235 e. The molecular weight excluding hydrogens is 395 g/mol. The van der Waals surface area contributed by atoms with Gasteiger partial charge in [-0.2, -0.15) is 0 Å². The van der Waals surface area contributed by atoms with E-state index in [0.29, 0.717) is 17.6 Å². The van der Waals surface area contributed by atoms with Crippen molar-refractivity contribution in [2.75, 3.05) is 5.75 Å². The van der Waals surface area contributed by atoms with Crippen molar-refractivity contribution in [1.29, 1.82) is 0 Å². The number of carbonyl (C=O) groups excluding carboxylic acids is 1. The van der Waals surface area contributed by atoms with E-state index >= 15 is 0 Å². The largest absolute Gasteiger partial charge is 0.441 e. The van der Waals surface area contributed by atoms with Crippen LogP contribution in [-0.2, 0) is 20.4 Å². The van der Waals surface area contributed by atoms with Crippen molar-refractivity contribution in [2.45, 2.75) is 51.8 Å². The monoisotopic (exact) mass is 422 g/mol. The van der Waals surface area contributed by atoms with Gasteiger partial charge in [-0.05, 0) is 37.3 Å². The number of aryl methyl sites for hydroxylation is 1. The summed E-state index contributed by atoms with van der Waals surface area (Å²) in [5.74, 6) is -0.893. The van der Waals surface area contributed by atoms with Crippen LogP contribution in [0.4, 0.5) is 4.39 Å². The number of carbonyl (C=O) groups is 1. The van der Waals surface area contributed by atoms with Gasteiger partial charge in [0.15, 0.2) is 9.84 Å². The molecule has 6 nitrogen and oxygen atoms in total. The summed E-state index contributed by atoms with van der Waals surface area (Å²) in [6.45, 7) is 5.82. The summed E-state index contributed by atoms with van der Waals surface area (Å²) in [5.41, 5.74) is 0.355. The van der Waals surface area contributed by atoms with Gasteiger partial charge < -0.3 is 9.73 Å². The molecule has 158 valence electrons. The highest BCUT2D eigenvalue weighted by Gasteiger charge is 2.30. The minimum atomic E-state index is -3.75. The molecule has 2 aromatic rings. The minimum absolute atomic E-state index is 0.00268. The first-order valence-electron chi connectivity index (χ1n) is 9.87. The van der Waals surface area contributed by atoms with Crippen LogP contribution in [0.2, 0.25) is 0 Å². The predicted octanol–water partition coefficient (Wildman–Crippen LogP) is 3.64. The fourth-order valence-electron chi connectivity index (χ4n) is 3.81. The highest BCUT2D eigenvalue weighted by atomic mass is 32.2. The Hall–Kier alpha value is -2.22. The predicted molar refractivity (Wildman–Crippen MR) is 108 cm³/mol. The van der Waals surface area contributed by atoms with E-state index < -0.39 is 33.1 Å². The van der Waals surface area contributed by atoms with E-state index in [-0.39, 0.29) is 23.2 Å². The highest BCUT2D eigenvalue weighted by Crippen LogP contribution is 2.29. The maximum absolute atomic E-state index is 13.9. The van der Waals surface area contributed by atoms with Crippen molar-refractivity contribution < 1.29 is 22.0 Å². The molecule has 1 aliphatic rings. The summed E-state index contributed by atoms with van der Waals surface area (Å²) < 4.78 is 44.5. The van der Waals surface area contributed by atoms with Gasteiger partial charge in [0.05, 0.1) is 17.0 Å². The van der Waals surface area contributed by atoms with Crippen LogP contribution in [0.25, 0.3) is 11.5 Å². The molecule has 3 unspecified atom stereocenters. The van der Waals surface area contributed by atoms with E-state index in [1.165, 1.54) is 12.1 Å². The number of rotatable bonds is 6. The van der Waals surface area contributed by atoms with Gasteiger partial charge in [-0.15, -0.1) is 0 Å². The van der Waals surface area contributed by atoms with E-state index in [1.807, 2.05) is 0 Å². The van der Waals surface area contributed by atoms with E-state index in [1.54, 1.807) is 19.1 Å². The molecule has 1 aromatic carbocycles. The van der Waals surface area contributed by atoms with Gasteiger partial charge in [0.25, 0.3) is 0 Å². The van der Waals surface area contributed by atoms with Gasteiger partial charge >= 0.3 is 0 Å². The Kier molecular flexibility index (Phi) is 6.41. The van der Waals surface area contributed by atoms with Gasteiger partial charge in [0.2, 0.25) is 11.8 Å². The molecule has 0 radical (unpaired) electrons. The Labute approximate surface area is 170 Å². The summed E-state index contributed by atoms with van der Waals surface area (Å²) >= 11 is 0. The molecule has 8 heteroatoms. The van der Waals surface area contributed by atoms with Crippen molar-refractivity contribution in [1.82, 2.24) is 10.3 Å². The molecule has 1 aromatic heterocycles. The lowest BCUT2D eigenvalue weighted by Gasteiger charge is -2.34. The average Bonchev–Trinajstić information content (AvgIpc) is 2.98. The van der Waals surface area contributed by atoms with Gasteiger partial charge in [-0.1, -0.05) is 38.8 Å². The smallest absolute Gasteiger partial charge is 0.235 e. The van der Waals surface area contributed by atoms with Crippen LogP contribution in [-0.4, -0.2) is 31.1 Å². The number of hydrogen-bond acceptors (Lipinski definition) is 5. The fraction of sp³-hybridized carbons (Fsp3) is 0.524. The summed E-state index contributed by atoms with van der Waals surface area (Å²) in [7, 11) is -3.75. The normalized spacial score (nSPS) is 22.4. The third-order valence-corrected chi connectivity index (χ3v) is 7.17. The maximum atomic E-state index is 13.9. The second-order valence-electron chi connectivity index (χ2n) is 7.98. The van der Waals surface area contributed by atoms with Crippen molar-refractivity contribution in [3.8, 4) is 11.5 Å². The van der Waals surface area contributed by atoms with Crippen molar-refractivity contribution >= 4 is 15.7 Å². The molecule has 0 bridgehead atoms. The van der Waals surface area contributed by atoms with Crippen molar-refractivity contribution in [3.63, 3.8) is 0 Å². The number of amides is 1. The molecule has 1 aliphatic carbocycles. The third kappa shape index (κ3) is 5.23. The molecular formula is C21H27FN2O4S. The Balaban J connectivity index is 1.67. The number of hydrogen-bond donors (Lipinski definition) is 1. The van der Waals surface area contributed by atoms with Crippen molar-refractivity contribution in [2.24, 2.45) is 11.8 Å². The zero-order valence-corrected chi connectivity index (χ0v) is 17.8. The van der Waals surface area contributed by atoms with E-state index in [9.17, 15) is 17.6 Å². The van der Waals surface area contributed by atoms with Crippen LogP contribution in [0.5, 0.6) is 0 Å². The number of oxazole rings is 1. The zero-order chi connectivity index (χ0) is 21.2. The standard InChI is InChI=1S/C21H27FN2O4S/c1-13-7-6-10-18(14(13)2)23-20(25)12-29(26,27)11-19-15(3)28-21(24-19)16-8-4-5-9-17(16)22/h4-5,8-9,13-14,18H,6-7,10-12H2,1-3H3,(H,23,25). The van der Waals surface area contributed by atoms with Gasteiger partial charge in [0, 0.05) is 6.04 Å². The van der Waals surface area contributed by atoms with E-state index in [4.69, 9.17) is 4.42 Å². The SMILES string of the molecule is Cc1oc(-c2ccccc2F)nc1CS(=O)(=O)CC(=O)NC1CCCC(C)C1C. The van der Waals surface area contributed by atoms with Gasteiger partial charge in [-0.25, -0.2) is 17.8 Å². The van der Waals surface area contributed by atoms with Crippen LogP contribution in [0.15, 0.2) is 28.7 Å². The molecule has 1 fully saturated rings. The molecule has 1 saturated carbocycles. The minimum Gasteiger partial charge on any atom is -0.441 e. The number of sulfone groups is 1. The molecule has 3 atom stereocenters. The first-order valence-corrected chi connectivity index (χ1v) is 11.7. The highest BCUT2D eigenvalue weighted by molar-refractivity contribution is 7.91. The summed E-state index contributed by atoms with van der Waals surface area (Å²) in [6, 6.07) is 5.99. The average molecular weight is 423 g/mol. The van der Waals surface area contributed by atoms with Crippen LogP contribution < -0.4 is 5.32 Å². The van der Waals surface area contributed by atoms with Gasteiger partial charge in [-0.3, -0.25) is 4.79 Å². The molecule has 1 heterocycles. The number of aromatic nitrogens is 1. The molecule has 1 N–H and O–H groups in total. The first-order chi connectivity index (χ1) is 13.7. The third-order valence-electron chi connectivity index (χ3n) is 5.76. The lowest BCUT2D eigenvalue weighted by atomic mass is 9.78. The number of benzene rings is 1. The number of nitrogens with zero attached hydrogens (tertiary/aromatic N) is 1. The van der Waals surface area contributed by atoms with Crippen LogP contribution in [0.1, 0.15) is 44.6 Å². The Morgan fingerprint density at radius 1 is 1.28 bits per heavy atom. The molecule has 0 aliphatic heterocycles. The fourth-order valence-corrected chi connectivity index (χ4v) is 5.07. The topological polar surface area (TPSA) is 89.3 Å². The summed E-state index contributed by atoms with van der Waals surface area (Å²) in [6.07, 6.45) is 3.02. The second kappa shape index (κ2) is 8.65. The van der Waals surface area contributed by atoms with Gasteiger partial charge in [0.1, 0.15) is 17.3 Å². The lowest BCUT2D eigenvalue weighted by molar-refractivity contribution is -0.120. The van der Waals surface area contributed by atoms with E-state index in [2.05, 4.69) is 24.1 Å². The molecule has 1 amide bonds. The van der Waals surface area contributed by atoms with Crippen LogP contribution in [0.3, 0.4) is 0 Å². The molecule has 29 heavy (non-hydrogen) atoms. The lowest BCUT2D eigenvalue weighted by Crippen LogP contribution is -2.45. The molecule has 3 rings (SSSR count). The Bertz CT molecular complexity index is 986. The summed E-state index contributed by atoms with van der Waals surface area (Å²) in [4.78, 5) is 16.5. The summed E-state index contributed by atoms with van der Waals surface area (Å²) in [5, 5.41) is 2.88. The molecule has 0 saturated heterocycles. The second-order valence-corrected chi connectivity index (χ2v) is 10.0. The van der Waals surface area contributed by atoms with Crippen LogP contribution >= 0.6 is 0 Å². The zero-order valence-electron chi connectivity index (χ0n) is 16.9. The van der Waals surface area contributed by atoms with E-state index in [0.717, 1.165) is 19.3 Å². The van der Waals surface area contributed by atoms with Crippen LogP contribution in [0, 0.1) is 24.6 Å². The van der Waals surface area contributed by atoms with Crippen molar-refractivity contribution in [3.05, 3.63) is 41.5 Å². The first kappa shape index (κ1) is 21.5. The molecule has 0 spiro atoms. The Morgan fingerprint density at radius 3 is 2.72 bits per heavy atom. The number of nitrogens with one attached hydrogen (secondary N) is 1. The number of halogens is 1. The quantitative estimate of drug-likeness (QED) is 0.768. The Morgan fingerprint density at radius 2 is 2.00 bits per heavy atom.